The van der Waals surface area contributed by atoms with Crippen molar-refractivity contribution in [3.05, 3.63) is 0 Å². The van der Waals surface area contributed by atoms with Gasteiger partial charge in [-0.05, 0) is 61.7 Å². The Bertz CT molecular complexity index is 211. The van der Waals surface area contributed by atoms with Gasteiger partial charge in [0.15, 0.2) is 0 Å². The SMILES string of the molecule is CC(CCC(C)(C)C1CCOCC1)C1CC1. The van der Waals surface area contributed by atoms with E-state index < -0.39 is 0 Å². The van der Waals surface area contributed by atoms with E-state index >= 15 is 0 Å². The Kier molecular flexibility index (Phi) is 3.94. The molecular weight excluding hydrogens is 196 g/mol. The first-order valence-electron chi connectivity index (χ1n) is 7.17. The van der Waals surface area contributed by atoms with Crippen molar-refractivity contribution in [2.75, 3.05) is 13.2 Å². The zero-order chi connectivity index (χ0) is 11.6. The molecule has 0 radical (unpaired) electrons. The first-order valence-corrected chi connectivity index (χ1v) is 7.17. The molecule has 0 amide bonds. The molecule has 1 nitrogen and oxygen atoms in total. The van der Waals surface area contributed by atoms with Gasteiger partial charge in [-0.2, -0.15) is 0 Å². The van der Waals surface area contributed by atoms with E-state index in [1.54, 1.807) is 0 Å². The van der Waals surface area contributed by atoms with E-state index in [4.69, 9.17) is 4.74 Å². The second kappa shape index (κ2) is 5.08. The molecule has 1 aliphatic heterocycles. The summed E-state index contributed by atoms with van der Waals surface area (Å²) in [6, 6.07) is 0. The van der Waals surface area contributed by atoms with Crippen molar-refractivity contribution in [1.82, 2.24) is 0 Å². The van der Waals surface area contributed by atoms with Crippen LogP contribution in [0, 0.1) is 23.2 Å². The van der Waals surface area contributed by atoms with Crippen LogP contribution in [0.3, 0.4) is 0 Å². The van der Waals surface area contributed by atoms with E-state index in [9.17, 15) is 0 Å². The van der Waals surface area contributed by atoms with Crippen LogP contribution in [-0.2, 0) is 4.74 Å². The van der Waals surface area contributed by atoms with Crippen molar-refractivity contribution in [2.24, 2.45) is 23.2 Å². The van der Waals surface area contributed by atoms with Crippen LogP contribution in [0.15, 0.2) is 0 Å². The lowest BCUT2D eigenvalue weighted by Crippen LogP contribution is -2.30. The lowest BCUT2D eigenvalue weighted by molar-refractivity contribution is 0.0175. The molecular formula is C15H28O. The molecule has 1 heteroatoms. The maximum absolute atomic E-state index is 5.47. The predicted octanol–water partition coefficient (Wildman–Crippen LogP) is 4.27. The highest BCUT2D eigenvalue weighted by Gasteiger charge is 2.33. The Labute approximate surface area is 101 Å². The average Bonchev–Trinajstić information content (AvgIpc) is 3.11. The second-order valence-electron chi connectivity index (χ2n) is 6.73. The Hall–Kier alpha value is -0.0400. The smallest absolute Gasteiger partial charge is 0.0468 e. The summed E-state index contributed by atoms with van der Waals surface area (Å²) < 4.78 is 5.47. The maximum atomic E-state index is 5.47. The molecule has 94 valence electrons. The highest BCUT2D eigenvalue weighted by molar-refractivity contribution is 4.84. The molecule has 1 unspecified atom stereocenters. The summed E-state index contributed by atoms with van der Waals surface area (Å²) in [5.74, 6) is 2.94. The summed E-state index contributed by atoms with van der Waals surface area (Å²) in [5.41, 5.74) is 0.535. The first kappa shape index (κ1) is 12.4. The highest BCUT2D eigenvalue weighted by atomic mass is 16.5. The number of rotatable bonds is 5. The van der Waals surface area contributed by atoms with Crippen molar-refractivity contribution < 1.29 is 4.74 Å². The Balaban J connectivity index is 1.76. The van der Waals surface area contributed by atoms with Gasteiger partial charge in [0.2, 0.25) is 0 Å². The molecule has 1 saturated carbocycles. The summed E-state index contributed by atoms with van der Waals surface area (Å²) in [6.45, 7) is 9.39. The number of hydrogen-bond acceptors (Lipinski definition) is 1. The van der Waals surface area contributed by atoms with Crippen LogP contribution in [-0.4, -0.2) is 13.2 Å². The topological polar surface area (TPSA) is 9.23 Å². The van der Waals surface area contributed by atoms with Gasteiger partial charge in [-0.25, -0.2) is 0 Å². The van der Waals surface area contributed by atoms with E-state index in [0.717, 1.165) is 31.0 Å². The summed E-state index contributed by atoms with van der Waals surface area (Å²) in [7, 11) is 0. The molecule has 2 fully saturated rings. The van der Waals surface area contributed by atoms with Crippen molar-refractivity contribution >= 4 is 0 Å². The van der Waals surface area contributed by atoms with Gasteiger partial charge >= 0.3 is 0 Å². The molecule has 2 rings (SSSR count). The first-order chi connectivity index (χ1) is 7.59. The molecule has 0 aromatic rings. The van der Waals surface area contributed by atoms with Crippen LogP contribution in [0.5, 0.6) is 0 Å². The fraction of sp³-hybridized carbons (Fsp3) is 1.00. The largest absolute Gasteiger partial charge is 0.381 e. The summed E-state index contributed by atoms with van der Waals surface area (Å²) in [5, 5.41) is 0. The zero-order valence-corrected chi connectivity index (χ0v) is 11.3. The highest BCUT2D eigenvalue weighted by Crippen LogP contribution is 2.43. The third-order valence-corrected chi connectivity index (χ3v) is 5.00. The average molecular weight is 224 g/mol. The minimum absolute atomic E-state index is 0.535. The van der Waals surface area contributed by atoms with Crippen LogP contribution in [0.4, 0.5) is 0 Å². The van der Waals surface area contributed by atoms with E-state index in [1.165, 1.54) is 38.5 Å². The lowest BCUT2D eigenvalue weighted by Gasteiger charge is -2.37. The van der Waals surface area contributed by atoms with E-state index in [1.807, 2.05) is 0 Å². The zero-order valence-electron chi connectivity index (χ0n) is 11.3. The van der Waals surface area contributed by atoms with Gasteiger partial charge in [-0.3, -0.25) is 0 Å². The van der Waals surface area contributed by atoms with Crippen molar-refractivity contribution in [2.45, 2.75) is 59.3 Å². The molecule has 0 N–H and O–H groups in total. The van der Waals surface area contributed by atoms with E-state index in [-0.39, 0.29) is 0 Å². The van der Waals surface area contributed by atoms with Crippen LogP contribution < -0.4 is 0 Å². The van der Waals surface area contributed by atoms with Gasteiger partial charge in [-0.15, -0.1) is 0 Å². The van der Waals surface area contributed by atoms with Crippen LogP contribution in [0.2, 0.25) is 0 Å². The third-order valence-electron chi connectivity index (χ3n) is 5.00. The van der Waals surface area contributed by atoms with Gasteiger partial charge in [0, 0.05) is 13.2 Å². The van der Waals surface area contributed by atoms with Crippen molar-refractivity contribution in [3.8, 4) is 0 Å². The monoisotopic (exact) mass is 224 g/mol. The third kappa shape index (κ3) is 3.23. The standard InChI is InChI=1S/C15H28O/c1-12(13-4-5-13)6-9-15(2,3)14-7-10-16-11-8-14/h12-14H,4-11H2,1-3H3. The molecule has 2 aliphatic rings. The fourth-order valence-corrected chi connectivity index (χ4v) is 3.18. The lowest BCUT2D eigenvalue weighted by atomic mass is 9.71. The Morgan fingerprint density at radius 3 is 2.31 bits per heavy atom. The molecule has 0 aromatic heterocycles. The van der Waals surface area contributed by atoms with Gasteiger partial charge in [-0.1, -0.05) is 20.8 Å². The van der Waals surface area contributed by atoms with Gasteiger partial charge in [0.25, 0.3) is 0 Å². The normalized spacial score (nSPS) is 25.7. The van der Waals surface area contributed by atoms with Gasteiger partial charge in [0.1, 0.15) is 0 Å². The molecule has 16 heavy (non-hydrogen) atoms. The van der Waals surface area contributed by atoms with Crippen molar-refractivity contribution in [1.29, 1.82) is 0 Å². The van der Waals surface area contributed by atoms with Gasteiger partial charge in [0.05, 0.1) is 0 Å². The summed E-state index contributed by atoms with van der Waals surface area (Å²) in [4.78, 5) is 0. The minimum atomic E-state index is 0.535. The molecule has 1 atom stereocenters. The van der Waals surface area contributed by atoms with E-state index in [2.05, 4.69) is 20.8 Å². The number of ether oxygens (including phenoxy) is 1. The van der Waals surface area contributed by atoms with Crippen LogP contribution in [0.25, 0.3) is 0 Å². The van der Waals surface area contributed by atoms with Gasteiger partial charge < -0.3 is 4.74 Å². The molecule has 0 aromatic carbocycles. The maximum Gasteiger partial charge on any atom is 0.0468 e. The van der Waals surface area contributed by atoms with E-state index in [0.29, 0.717) is 5.41 Å². The predicted molar refractivity (Wildman–Crippen MR) is 68.4 cm³/mol. The summed E-state index contributed by atoms with van der Waals surface area (Å²) >= 11 is 0. The Morgan fingerprint density at radius 2 is 1.75 bits per heavy atom. The quantitative estimate of drug-likeness (QED) is 0.678. The fourth-order valence-electron chi connectivity index (χ4n) is 3.18. The molecule has 1 aliphatic carbocycles. The summed E-state index contributed by atoms with van der Waals surface area (Å²) in [6.07, 6.45) is 8.41. The Morgan fingerprint density at radius 1 is 1.12 bits per heavy atom. The molecule has 1 saturated heterocycles. The molecule has 0 spiro atoms. The number of hydrogen-bond donors (Lipinski definition) is 0. The minimum Gasteiger partial charge on any atom is -0.381 e. The second-order valence-corrected chi connectivity index (χ2v) is 6.73. The van der Waals surface area contributed by atoms with Crippen LogP contribution in [0.1, 0.15) is 59.3 Å². The van der Waals surface area contributed by atoms with Crippen molar-refractivity contribution in [3.63, 3.8) is 0 Å². The van der Waals surface area contributed by atoms with Crippen LogP contribution >= 0.6 is 0 Å². The molecule has 1 heterocycles. The molecule has 0 bridgehead atoms.